The van der Waals surface area contributed by atoms with Gasteiger partial charge in [0, 0.05) is 21.8 Å². The van der Waals surface area contributed by atoms with Gasteiger partial charge in [-0.3, -0.25) is 4.79 Å². The van der Waals surface area contributed by atoms with Gasteiger partial charge in [0.25, 0.3) is 5.91 Å². The van der Waals surface area contributed by atoms with Crippen molar-refractivity contribution >= 4 is 45.9 Å². The third-order valence-electron chi connectivity index (χ3n) is 4.58. The van der Waals surface area contributed by atoms with Crippen molar-refractivity contribution in [2.24, 2.45) is 0 Å². The van der Waals surface area contributed by atoms with E-state index in [-0.39, 0.29) is 5.91 Å². The van der Waals surface area contributed by atoms with Crippen molar-refractivity contribution in [3.8, 4) is 23.0 Å². The van der Waals surface area contributed by atoms with E-state index >= 15 is 0 Å². The average Bonchev–Trinajstić information content (AvgIpc) is 3.18. The number of oxazole rings is 1. The molecule has 2 heterocycles. The second-order valence-corrected chi connectivity index (χ2v) is 7.49. The van der Waals surface area contributed by atoms with Crippen LogP contribution in [0.15, 0.2) is 59.0 Å². The minimum atomic E-state index is -0.267. The Balaban J connectivity index is 1.41. The number of carbonyl (C=O) groups is 1. The molecule has 0 radical (unpaired) electrons. The van der Waals surface area contributed by atoms with Crippen LogP contribution in [0.2, 0.25) is 10.0 Å². The summed E-state index contributed by atoms with van der Waals surface area (Å²) in [5.41, 5.74) is 2.78. The van der Waals surface area contributed by atoms with Gasteiger partial charge in [-0.2, -0.15) is 0 Å². The van der Waals surface area contributed by atoms with Crippen LogP contribution < -0.4 is 14.8 Å². The first-order valence-electron chi connectivity index (χ1n) is 9.14. The van der Waals surface area contributed by atoms with Gasteiger partial charge in [0.05, 0.1) is 5.02 Å². The van der Waals surface area contributed by atoms with E-state index in [4.69, 9.17) is 37.1 Å². The quantitative estimate of drug-likeness (QED) is 0.434. The zero-order chi connectivity index (χ0) is 20.7. The standard InChI is InChI=1S/C22H14Cl2N2O4/c23-14-10-16(24)20-17(11-14)26-22(30-20)13-2-1-3-15(8-13)25-21(27)12-4-5-18-19(9-12)29-7-6-28-18/h1-5,8-11H,6-7H2,(H,25,27). The van der Waals surface area contributed by atoms with Crippen LogP contribution in [0.5, 0.6) is 11.5 Å². The lowest BCUT2D eigenvalue weighted by atomic mass is 10.1. The molecule has 1 aliphatic heterocycles. The van der Waals surface area contributed by atoms with Crippen LogP contribution in [0, 0.1) is 0 Å². The number of hydrogen-bond donors (Lipinski definition) is 1. The number of benzene rings is 3. The summed E-state index contributed by atoms with van der Waals surface area (Å²) in [5.74, 6) is 1.31. The third-order valence-corrected chi connectivity index (χ3v) is 5.08. The summed E-state index contributed by atoms with van der Waals surface area (Å²) in [6.07, 6.45) is 0. The minimum absolute atomic E-state index is 0.267. The Morgan fingerprint density at radius 3 is 2.67 bits per heavy atom. The molecule has 1 amide bonds. The van der Waals surface area contributed by atoms with E-state index in [0.29, 0.717) is 68.6 Å². The van der Waals surface area contributed by atoms with Crippen molar-refractivity contribution in [1.29, 1.82) is 0 Å². The van der Waals surface area contributed by atoms with E-state index in [1.165, 1.54) is 0 Å². The molecule has 0 atom stereocenters. The summed E-state index contributed by atoms with van der Waals surface area (Å²) in [7, 11) is 0. The molecular formula is C22H14Cl2N2O4. The van der Waals surface area contributed by atoms with Crippen LogP contribution in [0.3, 0.4) is 0 Å². The Kier molecular flexibility index (Phi) is 4.73. The van der Waals surface area contributed by atoms with E-state index < -0.39 is 0 Å². The lowest BCUT2D eigenvalue weighted by Crippen LogP contribution is -2.17. The van der Waals surface area contributed by atoms with Gasteiger partial charge in [-0.05, 0) is 48.5 Å². The summed E-state index contributed by atoms with van der Waals surface area (Å²) >= 11 is 12.2. The smallest absolute Gasteiger partial charge is 0.255 e. The Morgan fingerprint density at radius 1 is 0.967 bits per heavy atom. The maximum atomic E-state index is 12.7. The summed E-state index contributed by atoms with van der Waals surface area (Å²) in [5, 5.41) is 3.75. The van der Waals surface area contributed by atoms with Gasteiger partial charge in [-0.1, -0.05) is 29.3 Å². The highest BCUT2D eigenvalue weighted by Gasteiger charge is 2.16. The van der Waals surface area contributed by atoms with E-state index in [2.05, 4.69) is 10.3 Å². The molecule has 1 aliphatic rings. The number of amides is 1. The fourth-order valence-corrected chi connectivity index (χ4v) is 3.72. The lowest BCUT2D eigenvalue weighted by Gasteiger charge is -2.18. The number of fused-ring (bicyclic) bond motifs is 2. The maximum Gasteiger partial charge on any atom is 0.255 e. The fourth-order valence-electron chi connectivity index (χ4n) is 3.20. The molecule has 0 unspecified atom stereocenters. The molecule has 5 rings (SSSR count). The van der Waals surface area contributed by atoms with Crippen LogP contribution in [0.1, 0.15) is 10.4 Å². The van der Waals surface area contributed by atoms with Gasteiger partial charge in [0.2, 0.25) is 5.89 Å². The summed E-state index contributed by atoms with van der Waals surface area (Å²) in [6.45, 7) is 0.957. The molecule has 0 saturated carbocycles. The van der Waals surface area contributed by atoms with Gasteiger partial charge in [-0.15, -0.1) is 0 Å². The van der Waals surface area contributed by atoms with Crippen LogP contribution >= 0.6 is 23.2 Å². The van der Waals surface area contributed by atoms with Crippen LogP contribution in [0.25, 0.3) is 22.6 Å². The zero-order valence-electron chi connectivity index (χ0n) is 15.4. The Hall–Kier alpha value is -3.22. The number of hydrogen-bond acceptors (Lipinski definition) is 5. The average molecular weight is 441 g/mol. The number of ether oxygens (including phenoxy) is 2. The SMILES string of the molecule is O=C(Nc1cccc(-c2nc3cc(Cl)cc(Cl)c3o2)c1)c1ccc2c(c1)OCCO2. The Bertz CT molecular complexity index is 1290. The number of rotatable bonds is 3. The predicted octanol–water partition coefficient (Wildman–Crippen LogP) is 5.83. The van der Waals surface area contributed by atoms with Crippen molar-refractivity contribution in [1.82, 2.24) is 4.98 Å². The van der Waals surface area contributed by atoms with E-state index in [1.54, 1.807) is 48.5 Å². The second kappa shape index (κ2) is 7.55. The molecule has 6 nitrogen and oxygen atoms in total. The van der Waals surface area contributed by atoms with E-state index in [1.807, 2.05) is 6.07 Å². The largest absolute Gasteiger partial charge is 0.486 e. The zero-order valence-corrected chi connectivity index (χ0v) is 17.0. The van der Waals surface area contributed by atoms with Crippen molar-refractivity contribution in [3.63, 3.8) is 0 Å². The molecule has 0 spiro atoms. The van der Waals surface area contributed by atoms with Crippen molar-refractivity contribution in [2.45, 2.75) is 0 Å². The normalized spacial score (nSPS) is 12.7. The van der Waals surface area contributed by atoms with Crippen molar-refractivity contribution in [2.75, 3.05) is 18.5 Å². The highest BCUT2D eigenvalue weighted by Crippen LogP contribution is 2.33. The highest BCUT2D eigenvalue weighted by molar-refractivity contribution is 6.38. The molecular weight excluding hydrogens is 427 g/mol. The van der Waals surface area contributed by atoms with Gasteiger partial charge >= 0.3 is 0 Å². The number of halogens is 2. The molecule has 4 aromatic rings. The summed E-state index contributed by atoms with van der Waals surface area (Å²) in [4.78, 5) is 17.1. The predicted molar refractivity (Wildman–Crippen MR) is 115 cm³/mol. The first kappa shape index (κ1) is 18.8. The molecule has 0 aliphatic carbocycles. The van der Waals surface area contributed by atoms with Crippen LogP contribution in [-0.2, 0) is 0 Å². The first-order valence-corrected chi connectivity index (χ1v) is 9.89. The molecule has 3 aromatic carbocycles. The number of nitrogens with zero attached hydrogens (tertiary/aromatic N) is 1. The third kappa shape index (κ3) is 3.56. The molecule has 8 heteroatoms. The molecule has 150 valence electrons. The lowest BCUT2D eigenvalue weighted by molar-refractivity contribution is 0.102. The summed E-state index contributed by atoms with van der Waals surface area (Å²) in [6, 6.07) is 15.6. The van der Waals surface area contributed by atoms with E-state index in [9.17, 15) is 4.79 Å². The number of carbonyl (C=O) groups excluding carboxylic acids is 1. The molecule has 0 fully saturated rings. The van der Waals surface area contributed by atoms with E-state index in [0.717, 1.165) is 0 Å². The number of nitrogens with one attached hydrogen (secondary N) is 1. The molecule has 30 heavy (non-hydrogen) atoms. The highest BCUT2D eigenvalue weighted by atomic mass is 35.5. The fraction of sp³-hybridized carbons (Fsp3) is 0.0909. The second-order valence-electron chi connectivity index (χ2n) is 6.65. The molecule has 1 N–H and O–H groups in total. The number of anilines is 1. The molecule has 1 aromatic heterocycles. The Morgan fingerprint density at radius 2 is 1.80 bits per heavy atom. The van der Waals surface area contributed by atoms with Gasteiger partial charge in [0.1, 0.15) is 18.7 Å². The van der Waals surface area contributed by atoms with Crippen molar-refractivity contribution in [3.05, 3.63) is 70.2 Å². The number of aromatic nitrogens is 1. The minimum Gasteiger partial charge on any atom is -0.486 e. The van der Waals surface area contributed by atoms with Crippen LogP contribution in [0.4, 0.5) is 5.69 Å². The molecule has 0 bridgehead atoms. The van der Waals surface area contributed by atoms with Gasteiger partial charge < -0.3 is 19.2 Å². The van der Waals surface area contributed by atoms with Gasteiger partial charge in [0.15, 0.2) is 17.1 Å². The topological polar surface area (TPSA) is 73.6 Å². The first-order chi connectivity index (χ1) is 14.6. The summed E-state index contributed by atoms with van der Waals surface area (Å²) < 4.78 is 16.8. The molecule has 0 saturated heterocycles. The Labute approximate surface area is 181 Å². The maximum absolute atomic E-state index is 12.7. The monoisotopic (exact) mass is 440 g/mol. The van der Waals surface area contributed by atoms with Crippen molar-refractivity contribution < 1.29 is 18.7 Å². The van der Waals surface area contributed by atoms with Crippen LogP contribution in [-0.4, -0.2) is 24.1 Å². The van der Waals surface area contributed by atoms with Gasteiger partial charge in [-0.25, -0.2) is 4.98 Å².